The molecule has 0 aliphatic rings. The summed E-state index contributed by atoms with van der Waals surface area (Å²) in [4.78, 5) is 12.4. The maximum absolute atomic E-state index is 12.4. The Kier molecular flexibility index (Phi) is 4.16. The van der Waals surface area contributed by atoms with Crippen molar-refractivity contribution in [3.63, 3.8) is 0 Å². The van der Waals surface area contributed by atoms with Gasteiger partial charge in [0.2, 0.25) is 0 Å². The van der Waals surface area contributed by atoms with E-state index in [-0.39, 0.29) is 11.3 Å². The van der Waals surface area contributed by atoms with E-state index >= 15 is 0 Å². The largest absolute Gasteiger partial charge is 0.322 e. The molecule has 1 aromatic heterocycles. The fourth-order valence-electron chi connectivity index (χ4n) is 2.40. The molecular weight excluding hydrogens is 300 g/mol. The average Bonchev–Trinajstić information content (AvgIpc) is 3.09. The molecular formula is C19H20N4O. The highest BCUT2D eigenvalue weighted by molar-refractivity contribution is 6.04. The highest BCUT2D eigenvalue weighted by atomic mass is 16.1. The molecule has 3 aromatic rings. The first-order valence-corrected chi connectivity index (χ1v) is 7.80. The monoisotopic (exact) mass is 320 g/mol. The zero-order valence-corrected chi connectivity index (χ0v) is 14.0. The van der Waals surface area contributed by atoms with E-state index in [2.05, 4.69) is 36.3 Å². The van der Waals surface area contributed by atoms with Gasteiger partial charge >= 0.3 is 0 Å². The Labute approximate surface area is 141 Å². The van der Waals surface area contributed by atoms with Crippen molar-refractivity contribution >= 4 is 11.6 Å². The third-order valence-electron chi connectivity index (χ3n) is 3.83. The third kappa shape index (κ3) is 3.51. The minimum Gasteiger partial charge on any atom is -0.322 e. The van der Waals surface area contributed by atoms with Gasteiger partial charge in [-0.25, -0.2) is 0 Å². The number of nitrogens with one attached hydrogen (secondary N) is 1. The standard InChI is InChI=1S/C19H20N4O/c1-19(2,3)15-9-7-14(8-10-15)18(24)22-16-5-4-6-17(11-16)23-12-20-21-13-23/h4-13H,1-3H3,(H,22,24). The van der Waals surface area contributed by atoms with Crippen LogP contribution in [0, 0.1) is 0 Å². The van der Waals surface area contributed by atoms with Crippen molar-refractivity contribution in [3.05, 3.63) is 72.3 Å². The molecule has 24 heavy (non-hydrogen) atoms. The van der Waals surface area contributed by atoms with Crippen LogP contribution in [0.3, 0.4) is 0 Å². The van der Waals surface area contributed by atoms with Gasteiger partial charge in [-0.05, 0) is 41.3 Å². The third-order valence-corrected chi connectivity index (χ3v) is 3.83. The molecule has 0 aliphatic carbocycles. The van der Waals surface area contributed by atoms with Crippen LogP contribution < -0.4 is 5.32 Å². The minimum absolute atomic E-state index is 0.0716. The topological polar surface area (TPSA) is 59.8 Å². The lowest BCUT2D eigenvalue weighted by Gasteiger charge is -2.19. The van der Waals surface area contributed by atoms with Gasteiger partial charge in [0.15, 0.2) is 0 Å². The van der Waals surface area contributed by atoms with Gasteiger partial charge in [0.05, 0.1) is 5.69 Å². The van der Waals surface area contributed by atoms with Crippen LogP contribution in [0.25, 0.3) is 5.69 Å². The number of carbonyl (C=O) groups excluding carboxylic acids is 1. The highest BCUT2D eigenvalue weighted by Crippen LogP contribution is 2.22. The normalized spacial score (nSPS) is 11.3. The fourth-order valence-corrected chi connectivity index (χ4v) is 2.40. The minimum atomic E-state index is -0.128. The number of amides is 1. The summed E-state index contributed by atoms with van der Waals surface area (Å²) in [6, 6.07) is 15.3. The molecule has 0 fully saturated rings. The van der Waals surface area contributed by atoms with E-state index in [1.807, 2.05) is 48.5 Å². The summed E-state index contributed by atoms with van der Waals surface area (Å²) in [6.07, 6.45) is 3.23. The van der Waals surface area contributed by atoms with E-state index in [1.54, 1.807) is 17.2 Å². The number of carbonyl (C=O) groups is 1. The molecule has 0 unspecified atom stereocenters. The fraction of sp³-hybridized carbons (Fsp3) is 0.211. The maximum Gasteiger partial charge on any atom is 0.255 e. The Balaban J connectivity index is 1.76. The zero-order valence-electron chi connectivity index (χ0n) is 14.0. The smallest absolute Gasteiger partial charge is 0.255 e. The number of hydrogen-bond acceptors (Lipinski definition) is 3. The molecule has 0 saturated heterocycles. The average molecular weight is 320 g/mol. The predicted octanol–water partition coefficient (Wildman–Crippen LogP) is 3.82. The van der Waals surface area contributed by atoms with E-state index in [0.29, 0.717) is 5.56 Å². The molecule has 0 bridgehead atoms. The first-order chi connectivity index (χ1) is 11.4. The molecule has 1 heterocycles. The number of rotatable bonds is 3. The predicted molar refractivity (Wildman–Crippen MR) is 94.5 cm³/mol. The summed E-state index contributed by atoms with van der Waals surface area (Å²) in [5.41, 5.74) is 3.53. The second-order valence-corrected chi connectivity index (χ2v) is 6.70. The van der Waals surface area contributed by atoms with E-state index in [9.17, 15) is 4.79 Å². The second-order valence-electron chi connectivity index (χ2n) is 6.70. The summed E-state index contributed by atoms with van der Waals surface area (Å²) in [6.45, 7) is 6.45. The summed E-state index contributed by atoms with van der Waals surface area (Å²) in [7, 11) is 0. The maximum atomic E-state index is 12.4. The number of anilines is 1. The van der Waals surface area contributed by atoms with E-state index < -0.39 is 0 Å². The molecule has 0 aliphatic heterocycles. The van der Waals surface area contributed by atoms with Crippen molar-refractivity contribution < 1.29 is 4.79 Å². The molecule has 2 aromatic carbocycles. The lowest BCUT2D eigenvalue weighted by atomic mass is 9.87. The Morgan fingerprint density at radius 2 is 1.67 bits per heavy atom. The Bertz CT molecular complexity index is 831. The van der Waals surface area contributed by atoms with Crippen molar-refractivity contribution in [2.24, 2.45) is 0 Å². The molecule has 1 amide bonds. The molecule has 0 radical (unpaired) electrons. The first kappa shape index (κ1) is 15.9. The van der Waals surface area contributed by atoms with Crippen molar-refractivity contribution in [1.82, 2.24) is 14.8 Å². The van der Waals surface area contributed by atoms with Crippen LogP contribution in [0.2, 0.25) is 0 Å². The van der Waals surface area contributed by atoms with Crippen molar-refractivity contribution in [1.29, 1.82) is 0 Å². The Morgan fingerprint density at radius 3 is 2.29 bits per heavy atom. The van der Waals surface area contributed by atoms with Gasteiger partial charge in [0.25, 0.3) is 5.91 Å². The molecule has 0 saturated carbocycles. The van der Waals surface area contributed by atoms with Crippen molar-refractivity contribution in [2.45, 2.75) is 26.2 Å². The molecule has 5 heteroatoms. The number of nitrogens with zero attached hydrogens (tertiary/aromatic N) is 3. The van der Waals surface area contributed by atoms with Crippen LogP contribution >= 0.6 is 0 Å². The van der Waals surface area contributed by atoms with E-state index in [4.69, 9.17) is 0 Å². The van der Waals surface area contributed by atoms with Gasteiger partial charge in [-0.15, -0.1) is 10.2 Å². The lowest BCUT2D eigenvalue weighted by Crippen LogP contribution is -2.14. The molecule has 0 atom stereocenters. The van der Waals surface area contributed by atoms with Gasteiger partial charge in [-0.2, -0.15) is 0 Å². The van der Waals surface area contributed by atoms with Gasteiger partial charge < -0.3 is 5.32 Å². The molecule has 0 spiro atoms. The summed E-state index contributed by atoms with van der Waals surface area (Å²) in [5, 5.41) is 10.5. The van der Waals surface area contributed by atoms with Gasteiger partial charge in [-0.1, -0.05) is 39.0 Å². The van der Waals surface area contributed by atoms with Crippen LogP contribution in [0.4, 0.5) is 5.69 Å². The first-order valence-electron chi connectivity index (χ1n) is 7.80. The summed E-state index contributed by atoms with van der Waals surface area (Å²) >= 11 is 0. The number of aromatic nitrogens is 3. The van der Waals surface area contributed by atoms with Gasteiger partial charge in [0, 0.05) is 11.3 Å². The quantitative estimate of drug-likeness (QED) is 0.798. The molecule has 3 rings (SSSR count). The van der Waals surface area contributed by atoms with Crippen LogP contribution in [-0.4, -0.2) is 20.7 Å². The zero-order chi connectivity index (χ0) is 17.2. The summed E-state index contributed by atoms with van der Waals surface area (Å²) < 4.78 is 1.79. The van der Waals surface area contributed by atoms with Crippen LogP contribution in [-0.2, 0) is 5.41 Å². The molecule has 5 nitrogen and oxygen atoms in total. The number of benzene rings is 2. The molecule has 1 N–H and O–H groups in total. The highest BCUT2D eigenvalue weighted by Gasteiger charge is 2.14. The van der Waals surface area contributed by atoms with E-state index in [0.717, 1.165) is 11.4 Å². The summed E-state index contributed by atoms with van der Waals surface area (Å²) in [5.74, 6) is -0.128. The molecule has 122 valence electrons. The SMILES string of the molecule is CC(C)(C)c1ccc(C(=O)Nc2cccc(-n3cnnc3)c2)cc1. The second kappa shape index (κ2) is 6.28. The van der Waals surface area contributed by atoms with Gasteiger partial charge in [-0.3, -0.25) is 9.36 Å². The van der Waals surface area contributed by atoms with Crippen molar-refractivity contribution in [2.75, 3.05) is 5.32 Å². The van der Waals surface area contributed by atoms with Crippen LogP contribution in [0.1, 0.15) is 36.7 Å². The van der Waals surface area contributed by atoms with Crippen LogP contribution in [0.15, 0.2) is 61.2 Å². The van der Waals surface area contributed by atoms with Crippen molar-refractivity contribution in [3.8, 4) is 5.69 Å². The van der Waals surface area contributed by atoms with Gasteiger partial charge in [0.1, 0.15) is 12.7 Å². The lowest BCUT2D eigenvalue weighted by molar-refractivity contribution is 0.102. The van der Waals surface area contributed by atoms with Crippen LogP contribution in [0.5, 0.6) is 0 Å². The van der Waals surface area contributed by atoms with E-state index in [1.165, 1.54) is 5.56 Å². The number of hydrogen-bond donors (Lipinski definition) is 1. The Hall–Kier alpha value is -2.95. The Morgan fingerprint density at radius 1 is 1.00 bits per heavy atom.